The average molecular weight is 305 g/mol. The molecule has 4 heteroatoms. The Morgan fingerprint density at radius 3 is 2.71 bits per heavy atom. The summed E-state index contributed by atoms with van der Waals surface area (Å²) in [6, 6.07) is 8.33. The second-order valence-corrected chi connectivity index (χ2v) is 6.06. The quantitative estimate of drug-likeness (QED) is 0.622. The minimum absolute atomic E-state index is 0.731. The molecule has 21 heavy (non-hydrogen) atoms. The molecule has 0 aromatic heterocycles. The number of hydrogen-bond donors (Lipinski definition) is 2. The number of anilines is 1. The standard InChI is InChI=1S/C17H27N3S/c1-2-15-9-4-5-10-16(15)19-17(21)18-11-8-14-20-12-6-3-7-13-20/h4-5,9-10H,2-3,6-8,11-14H2,1H3,(H2,18,19,21). The molecule has 0 unspecified atom stereocenters. The van der Waals surface area contributed by atoms with Gasteiger partial charge in [-0.25, -0.2) is 0 Å². The molecule has 116 valence electrons. The van der Waals surface area contributed by atoms with Crippen LogP contribution in [0.1, 0.15) is 38.2 Å². The van der Waals surface area contributed by atoms with E-state index in [2.05, 4.69) is 40.7 Å². The van der Waals surface area contributed by atoms with Crippen LogP contribution in [0.5, 0.6) is 0 Å². The summed E-state index contributed by atoms with van der Waals surface area (Å²) in [5.41, 5.74) is 2.42. The molecule has 1 aliphatic heterocycles. The van der Waals surface area contributed by atoms with Crippen LogP contribution in [-0.2, 0) is 6.42 Å². The Morgan fingerprint density at radius 1 is 1.19 bits per heavy atom. The van der Waals surface area contributed by atoms with Gasteiger partial charge in [0.1, 0.15) is 0 Å². The summed E-state index contributed by atoms with van der Waals surface area (Å²) in [6.07, 6.45) is 6.29. The first-order valence-corrected chi connectivity index (χ1v) is 8.55. The third-order valence-corrected chi connectivity index (χ3v) is 4.28. The van der Waals surface area contributed by atoms with Gasteiger partial charge >= 0.3 is 0 Å². The van der Waals surface area contributed by atoms with Gasteiger partial charge in [0, 0.05) is 12.2 Å². The molecule has 1 heterocycles. The molecule has 0 atom stereocenters. The van der Waals surface area contributed by atoms with Gasteiger partial charge < -0.3 is 15.5 Å². The fourth-order valence-electron chi connectivity index (χ4n) is 2.80. The number of hydrogen-bond acceptors (Lipinski definition) is 2. The fraction of sp³-hybridized carbons (Fsp3) is 0.588. The first-order chi connectivity index (χ1) is 10.3. The molecule has 0 saturated carbocycles. The molecule has 3 nitrogen and oxygen atoms in total. The highest BCUT2D eigenvalue weighted by molar-refractivity contribution is 7.80. The van der Waals surface area contributed by atoms with Crippen LogP contribution in [-0.4, -0.2) is 36.2 Å². The van der Waals surface area contributed by atoms with Gasteiger partial charge in [-0.05, 0) is 69.2 Å². The summed E-state index contributed by atoms with van der Waals surface area (Å²) in [5.74, 6) is 0. The number of piperidine rings is 1. The highest BCUT2D eigenvalue weighted by atomic mass is 32.1. The molecule has 1 aliphatic rings. The first kappa shape index (κ1) is 16.2. The molecule has 0 spiro atoms. The number of thiocarbonyl (C=S) groups is 1. The molecule has 1 saturated heterocycles. The third-order valence-electron chi connectivity index (χ3n) is 4.03. The van der Waals surface area contributed by atoms with E-state index in [0.29, 0.717) is 0 Å². The molecular formula is C17H27N3S. The average Bonchev–Trinajstić information content (AvgIpc) is 2.53. The zero-order chi connectivity index (χ0) is 14.9. The summed E-state index contributed by atoms with van der Waals surface area (Å²) in [7, 11) is 0. The Hall–Kier alpha value is -1.13. The molecule has 2 N–H and O–H groups in total. The van der Waals surface area contributed by atoms with Crippen molar-refractivity contribution in [3.05, 3.63) is 29.8 Å². The predicted octanol–water partition coefficient (Wildman–Crippen LogP) is 3.41. The summed E-state index contributed by atoms with van der Waals surface area (Å²) in [6.45, 7) is 6.83. The van der Waals surface area contributed by atoms with Crippen LogP contribution < -0.4 is 10.6 Å². The molecule has 2 rings (SSSR count). The van der Waals surface area contributed by atoms with Crippen molar-refractivity contribution in [1.29, 1.82) is 0 Å². The molecule has 1 aromatic rings. The predicted molar refractivity (Wildman–Crippen MR) is 95.0 cm³/mol. The van der Waals surface area contributed by atoms with Gasteiger partial charge in [0.25, 0.3) is 0 Å². The monoisotopic (exact) mass is 305 g/mol. The minimum atomic E-state index is 0.731. The van der Waals surface area contributed by atoms with Crippen LogP contribution >= 0.6 is 12.2 Å². The number of para-hydroxylation sites is 1. The number of likely N-dealkylation sites (tertiary alicyclic amines) is 1. The van der Waals surface area contributed by atoms with E-state index in [-0.39, 0.29) is 0 Å². The number of nitrogens with zero attached hydrogens (tertiary/aromatic N) is 1. The number of rotatable bonds is 6. The van der Waals surface area contributed by atoms with E-state index >= 15 is 0 Å². The third kappa shape index (κ3) is 5.64. The summed E-state index contributed by atoms with van der Waals surface area (Å²) >= 11 is 5.38. The van der Waals surface area contributed by atoms with Crippen LogP contribution in [0.25, 0.3) is 0 Å². The second kappa shape index (κ2) is 9.00. The van der Waals surface area contributed by atoms with E-state index in [9.17, 15) is 0 Å². The van der Waals surface area contributed by atoms with Crippen molar-refractivity contribution in [1.82, 2.24) is 10.2 Å². The number of benzene rings is 1. The van der Waals surface area contributed by atoms with E-state index in [0.717, 1.165) is 30.2 Å². The van der Waals surface area contributed by atoms with Crippen LogP contribution in [0.2, 0.25) is 0 Å². The lowest BCUT2D eigenvalue weighted by atomic mass is 10.1. The Balaban J connectivity index is 1.65. The molecule has 0 amide bonds. The van der Waals surface area contributed by atoms with Crippen molar-refractivity contribution < 1.29 is 0 Å². The SMILES string of the molecule is CCc1ccccc1NC(=S)NCCCN1CCCCC1. The van der Waals surface area contributed by atoms with Gasteiger partial charge in [0.05, 0.1) is 0 Å². The van der Waals surface area contributed by atoms with E-state index in [4.69, 9.17) is 12.2 Å². The minimum Gasteiger partial charge on any atom is -0.362 e. The van der Waals surface area contributed by atoms with Gasteiger partial charge in [-0.1, -0.05) is 31.5 Å². The Labute approximate surface area is 134 Å². The topological polar surface area (TPSA) is 27.3 Å². The van der Waals surface area contributed by atoms with E-state index < -0.39 is 0 Å². The van der Waals surface area contributed by atoms with E-state index in [1.165, 1.54) is 44.5 Å². The lowest BCUT2D eigenvalue weighted by Crippen LogP contribution is -2.34. The van der Waals surface area contributed by atoms with Crippen molar-refractivity contribution in [3.8, 4) is 0 Å². The van der Waals surface area contributed by atoms with Gasteiger partial charge in [-0.15, -0.1) is 0 Å². The maximum Gasteiger partial charge on any atom is 0.170 e. The van der Waals surface area contributed by atoms with Gasteiger partial charge in [-0.2, -0.15) is 0 Å². The van der Waals surface area contributed by atoms with Crippen LogP contribution in [0.3, 0.4) is 0 Å². The second-order valence-electron chi connectivity index (χ2n) is 5.65. The molecule has 0 radical (unpaired) electrons. The zero-order valence-corrected chi connectivity index (χ0v) is 13.8. The maximum absolute atomic E-state index is 5.38. The van der Waals surface area contributed by atoms with E-state index in [1.807, 2.05) is 6.07 Å². The van der Waals surface area contributed by atoms with Crippen molar-refractivity contribution in [3.63, 3.8) is 0 Å². The highest BCUT2D eigenvalue weighted by Crippen LogP contribution is 2.15. The smallest absolute Gasteiger partial charge is 0.170 e. The molecule has 1 aromatic carbocycles. The number of aryl methyl sites for hydroxylation is 1. The largest absolute Gasteiger partial charge is 0.362 e. The molecule has 1 fully saturated rings. The van der Waals surface area contributed by atoms with Crippen LogP contribution in [0, 0.1) is 0 Å². The van der Waals surface area contributed by atoms with Gasteiger partial charge in [-0.3, -0.25) is 0 Å². The van der Waals surface area contributed by atoms with Crippen LogP contribution in [0.4, 0.5) is 5.69 Å². The summed E-state index contributed by atoms with van der Waals surface area (Å²) in [5, 5.41) is 7.35. The van der Waals surface area contributed by atoms with Crippen molar-refractivity contribution in [2.24, 2.45) is 0 Å². The zero-order valence-electron chi connectivity index (χ0n) is 13.0. The highest BCUT2D eigenvalue weighted by Gasteiger charge is 2.09. The summed E-state index contributed by atoms with van der Waals surface area (Å²) in [4.78, 5) is 2.56. The van der Waals surface area contributed by atoms with Gasteiger partial charge in [0.2, 0.25) is 0 Å². The lowest BCUT2D eigenvalue weighted by Gasteiger charge is -2.26. The molecular weight excluding hydrogens is 278 g/mol. The van der Waals surface area contributed by atoms with Crippen molar-refractivity contribution in [2.75, 3.05) is 31.5 Å². The Bertz CT molecular complexity index is 441. The normalized spacial score (nSPS) is 15.7. The van der Waals surface area contributed by atoms with Crippen LogP contribution in [0.15, 0.2) is 24.3 Å². The Morgan fingerprint density at radius 2 is 1.95 bits per heavy atom. The summed E-state index contributed by atoms with van der Waals surface area (Å²) < 4.78 is 0. The van der Waals surface area contributed by atoms with Crippen molar-refractivity contribution in [2.45, 2.75) is 39.0 Å². The molecule has 0 bridgehead atoms. The lowest BCUT2D eigenvalue weighted by molar-refractivity contribution is 0.227. The van der Waals surface area contributed by atoms with Crippen molar-refractivity contribution >= 4 is 23.0 Å². The van der Waals surface area contributed by atoms with Gasteiger partial charge in [0.15, 0.2) is 5.11 Å². The first-order valence-electron chi connectivity index (χ1n) is 8.14. The fourth-order valence-corrected chi connectivity index (χ4v) is 3.02. The Kier molecular flexibility index (Phi) is 6.96. The van der Waals surface area contributed by atoms with E-state index in [1.54, 1.807) is 0 Å². The maximum atomic E-state index is 5.38. The number of nitrogens with one attached hydrogen (secondary N) is 2. The molecule has 0 aliphatic carbocycles.